The minimum atomic E-state index is -0.537. The van der Waals surface area contributed by atoms with Crippen LogP contribution in [0.5, 0.6) is 0 Å². The number of benzene rings is 1. The summed E-state index contributed by atoms with van der Waals surface area (Å²) in [6.07, 6.45) is 11.7. The molecule has 5 fully saturated rings. The van der Waals surface area contributed by atoms with Gasteiger partial charge in [0, 0.05) is 12.1 Å². The number of hydrogen-bond acceptors (Lipinski definition) is 7. The fourth-order valence-electron chi connectivity index (χ4n) is 13.0. The zero-order valence-electron chi connectivity index (χ0n) is 29.7. The molecule has 0 radical (unpaired) electrons. The van der Waals surface area contributed by atoms with Crippen molar-refractivity contribution in [1.29, 1.82) is 0 Å². The average molecular weight is 659 g/mol. The van der Waals surface area contributed by atoms with Gasteiger partial charge in [0.25, 0.3) is 5.69 Å². The fraction of sp³-hybridized carbons (Fsp3) is 0.718. The van der Waals surface area contributed by atoms with E-state index in [2.05, 4.69) is 58.4 Å². The van der Waals surface area contributed by atoms with Crippen LogP contribution in [-0.4, -0.2) is 37.1 Å². The summed E-state index contributed by atoms with van der Waals surface area (Å²) in [5.74, 6) is 1.93. The number of aliphatic hydroxyl groups excluding tert-OH is 1. The van der Waals surface area contributed by atoms with Crippen LogP contribution in [0.2, 0.25) is 0 Å². The molecule has 48 heavy (non-hydrogen) atoms. The number of hydrogen-bond donors (Lipinski definition) is 1. The van der Waals surface area contributed by atoms with E-state index in [4.69, 9.17) is 4.74 Å². The van der Waals surface area contributed by atoms with Crippen LogP contribution in [0, 0.1) is 66.8 Å². The van der Waals surface area contributed by atoms with Gasteiger partial charge in [-0.1, -0.05) is 58.1 Å². The molecule has 5 aliphatic carbocycles. The molecule has 0 amide bonds. The molecule has 0 saturated heterocycles. The maximum atomic E-state index is 14.4. The van der Waals surface area contributed by atoms with E-state index in [1.165, 1.54) is 35.2 Å². The minimum absolute atomic E-state index is 0.0169. The summed E-state index contributed by atoms with van der Waals surface area (Å²) in [5.41, 5.74) is 2.08. The van der Waals surface area contributed by atoms with Crippen molar-refractivity contribution in [2.75, 3.05) is 0 Å². The maximum Gasteiger partial charge on any atom is 0.312 e. The van der Waals surface area contributed by atoms with Gasteiger partial charge >= 0.3 is 5.97 Å². The SMILES string of the molecule is C=C(C)[C@@H]1CC[C@]2(C(=O)OCc3cn(-c4cccc([N+](=O)[O-])c4)nn3)CC[C@]3(C)[C@H](CC[C@@H]4[C@@]5(C)CC[C@H](O)C(C)(C)[C@@H]5CC[C@]43C)[C@@H]12. The maximum absolute atomic E-state index is 14.4. The van der Waals surface area contributed by atoms with Crippen molar-refractivity contribution in [3.63, 3.8) is 0 Å². The molecule has 2 aromatic rings. The van der Waals surface area contributed by atoms with E-state index >= 15 is 0 Å². The molecule has 5 saturated carbocycles. The molecule has 7 rings (SSSR count). The van der Waals surface area contributed by atoms with Crippen LogP contribution >= 0.6 is 0 Å². The van der Waals surface area contributed by atoms with Gasteiger partial charge in [-0.3, -0.25) is 14.9 Å². The molecular formula is C39H54N4O5. The molecule has 1 aromatic heterocycles. The van der Waals surface area contributed by atoms with Crippen LogP contribution in [0.4, 0.5) is 5.69 Å². The molecule has 260 valence electrons. The Hall–Kier alpha value is -3.07. The van der Waals surface area contributed by atoms with Crippen LogP contribution in [0.3, 0.4) is 0 Å². The van der Waals surface area contributed by atoms with Gasteiger partial charge in [0.2, 0.25) is 0 Å². The smallest absolute Gasteiger partial charge is 0.312 e. The number of nitrogens with zero attached hydrogens (tertiary/aromatic N) is 4. The molecule has 0 unspecified atom stereocenters. The Bertz CT molecular complexity index is 1640. The molecule has 5 aliphatic rings. The molecule has 10 atom stereocenters. The van der Waals surface area contributed by atoms with Crippen molar-refractivity contribution < 1.29 is 19.6 Å². The summed E-state index contributed by atoms with van der Waals surface area (Å²) in [4.78, 5) is 25.2. The van der Waals surface area contributed by atoms with E-state index in [1.54, 1.807) is 18.3 Å². The van der Waals surface area contributed by atoms with Gasteiger partial charge in [0.1, 0.15) is 12.3 Å². The third kappa shape index (κ3) is 4.61. The Morgan fingerprint density at radius 1 is 1.02 bits per heavy atom. The predicted octanol–water partition coefficient (Wildman–Crippen LogP) is 8.24. The predicted molar refractivity (Wildman–Crippen MR) is 183 cm³/mol. The number of ether oxygens (including phenoxy) is 1. The molecule has 0 bridgehead atoms. The van der Waals surface area contributed by atoms with Crippen LogP contribution in [-0.2, 0) is 16.1 Å². The number of carbonyl (C=O) groups is 1. The monoisotopic (exact) mass is 658 g/mol. The van der Waals surface area contributed by atoms with Gasteiger partial charge in [-0.05, 0) is 128 Å². The first kappa shape index (κ1) is 33.4. The molecular weight excluding hydrogens is 604 g/mol. The topological polar surface area (TPSA) is 120 Å². The second kappa shape index (κ2) is 11.2. The van der Waals surface area contributed by atoms with Gasteiger partial charge in [0.15, 0.2) is 0 Å². The van der Waals surface area contributed by atoms with Crippen molar-refractivity contribution in [3.8, 4) is 5.69 Å². The highest BCUT2D eigenvalue weighted by molar-refractivity contribution is 5.78. The standard InChI is InChI=1S/C39H54N4O5/c1-24(2)28-13-18-39(34(45)48-23-25-22-42(41-40-25)26-9-8-10-27(21-26)43(46)47)20-19-37(6)29(33(28)39)11-12-31-36(5)16-15-32(44)35(3,4)30(36)14-17-38(31,37)7/h8-10,21-22,28-33,44H,1,11-20,23H2,2-7H3/t28-,29+,30-,31+,32-,33+,36-,37+,38+,39-/m0/s1. The van der Waals surface area contributed by atoms with Gasteiger partial charge in [-0.2, -0.15) is 0 Å². The number of non-ortho nitro benzene ring substituents is 1. The van der Waals surface area contributed by atoms with E-state index in [-0.39, 0.29) is 51.9 Å². The van der Waals surface area contributed by atoms with Crippen molar-refractivity contribution in [3.05, 3.63) is 58.4 Å². The number of aromatic nitrogens is 3. The molecule has 1 aromatic carbocycles. The van der Waals surface area contributed by atoms with Crippen LogP contribution in [0.1, 0.15) is 111 Å². The lowest BCUT2D eigenvalue weighted by Crippen LogP contribution is -2.67. The number of nitro groups is 1. The number of fused-ring (bicyclic) bond motifs is 7. The van der Waals surface area contributed by atoms with E-state index < -0.39 is 10.3 Å². The molecule has 1 heterocycles. The quantitative estimate of drug-likeness (QED) is 0.144. The first-order valence-electron chi connectivity index (χ1n) is 18.3. The van der Waals surface area contributed by atoms with Gasteiger partial charge in [0.05, 0.1) is 28.3 Å². The second-order valence-electron chi connectivity index (χ2n) is 17.7. The van der Waals surface area contributed by atoms with Crippen LogP contribution in [0.15, 0.2) is 42.6 Å². The van der Waals surface area contributed by atoms with Gasteiger partial charge in [-0.15, -0.1) is 5.10 Å². The molecule has 1 N–H and O–H groups in total. The van der Waals surface area contributed by atoms with Crippen molar-refractivity contribution in [2.45, 2.75) is 118 Å². The van der Waals surface area contributed by atoms with E-state index in [9.17, 15) is 20.0 Å². The normalized spacial score (nSPS) is 41.3. The lowest BCUT2D eigenvalue weighted by atomic mass is 9.32. The Labute approximate surface area is 285 Å². The molecule has 9 heteroatoms. The first-order chi connectivity index (χ1) is 22.6. The lowest BCUT2D eigenvalue weighted by molar-refractivity contribution is -0.384. The van der Waals surface area contributed by atoms with Crippen molar-refractivity contribution in [2.24, 2.45) is 56.7 Å². The third-order valence-electron chi connectivity index (χ3n) is 15.6. The summed E-state index contributed by atoms with van der Waals surface area (Å²) in [5, 5.41) is 30.7. The zero-order chi connectivity index (χ0) is 34.4. The summed E-state index contributed by atoms with van der Waals surface area (Å²) in [7, 11) is 0. The Balaban J connectivity index is 1.14. The molecule has 0 spiro atoms. The Morgan fingerprint density at radius 2 is 1.79 bits per heavy atom. The lowest BCUT2D eigenvalue weighted by Gasteiger charge is -2.72. The number of carbonyl (C=O) groups excluding carboxylic acids is 1. The summed E-state index contributed by atoms with van der Waals surface area (Å²) in [6.45, 7) is 19.0. The van der Waals surface area contributed by atoms with Crippen LogP contribution in [0.25, 0.3) is 5.69 Å². The number of rotatable bonds is 6. The Morgan fingerprint density at radius 3 is 2.52 bits per heavy atom. The van der Waals surface area contributed by atoms with Gasteiger partial charge in [-0.25, -0.2) is 4.68 Å². The summed E-state index contributed by atoms with van der Waals surface area (Å²) >= 11 is 0. The van der Waals surface area contributed by atoms with E-state index in [0.717, 1.165) is 51.4 Å². The Kier molecular flexibility index (Phi) is 7.82. The van der Waals surface area contributed by atoms with Gasteiger partial charge < -0.3 is 9.84 Å². The number of esters is 1. The summed E-state index contributed by atoms with van der Waals surface area (Å²) in [6, 6.07) is 6.23. The number of allylic oxidation sites excluding steroid dienone is 1. The summed E-state index contributed by atoms with van der Waals surface area (Å²) < 4.78 is 7.64. The number of aliphatic hydroxyl groups is 1. The molecule has 0 aliphatic heterocycles. The van der Waals surface area contributed by atoms with E-state index in [1.807, 2.05) is 0 Å². The van der Waals surface area contributed by atoms with E-state index in [0.29, 0.717) is 35.1 Å². The second-order valence-corrected chi connectivity index (χ2v) is 17.7. The largest absolute Gasteiger partial charge is 0.459 e. The molecule has 9 nitrogen and oxygen atoms in total. The minimum Gasteiger partial charge on any atom is -0.459 e. The van der Waals surface area contributed by atoms with Crippen molar-refractivity contribution in [1.82, 2.24) is 15.0 Å². The number of nitro benzene ring substituents is 1. The van der Waals surface area contributed by atoms with Crippen molar-refractivity contribution >= 4 is 11.7 Å². The van der Waals surface area contributed by atoms with Crippen LogP contribution < -0.4 is 0 Å². The highest BCUT2D eigenvalue weighted by Crippen LogP contribution is 2.77. The zero-order valence-corrected chi connectivity index (χ0v) is 29.7. The highest BCUT2D eigenvalue weighted by atomic mass is 16.6. The first-order valence-corrected chi connectivity index (χ1v) is 18.3. The fourth-order valence-corrected chi connectivity index (χ4v) is 13.0. The highest BCUT2D eigenvalue weighted by Gasteiger charge is 2.72. The average Bonchev–Trinajstić information content (AvgIpc) is 3.68. The third-order valence-corrected chi connectivity index (χ3v) is 15.6.